The van der Waals surface area contributed by atoms with Crippen molar-refractivity contribution in [2.75, 3.05) is 6.61 Å². The van der Waals surface area contributed by atoms with Gasteiger partial charge in [0.25, 0.3) is 0 Å². The molecule has 1 aromatic carbocycles. The van der Waals surface area contributed by atoms with Gasteiger partial charge in [0.2, 0.25) is 0 Å². The monoisotopic (exact) mass is 226 g/mol. The molecule has 80 valence electrons. The van der Waals surface area contributed by atoms with Crippen LogP contribution in [0.15, 0.2) is 18.2 Å². The van der Waals surface area contributed by atoms with Crippen molar-refractivity contribution in [1.82, 2.24) is 4.98 Å². The molecule has 0 saturated carbocycles. The molecule has 0 spiro atoms. The molecule has 0 fully saturated rings. The molecule has 5 heteroatoms. The van der Waals surface area contributed by atoms with Crippen molar-refractivity contribution in [1.29, 1.82) is 0 Å². The molecule has 0 amide bonds. The number of halogens is 1. The van der Waals surface area contributed by atoms with Crippen molar-refractivity contribution < 1.29 is 9.50 Å². The number of thiazole rings is 1. The summed E-state index contributed by atoms with van der Waals surface area (Å²) in [6.45, 7) is 0.0332. The largest absolute Gasteiger partial charge is 0.396 e. The van der Waals surface area contributed by atoms with Crippen molar-refractivity contribution in [3.8, 4) is 0 Å². The van der Waals surface area contributed by atoms with E-state index in [1.807, 2.05) is 0 Å². The predicted molar refractivity (Wildman–Crippen MR) is 58.2 cm³/mol. The van der Waals surface area contributed by atoms with Crippen molar-refractivity contribution in [3.63, 3.8) is 0 Å². The minimum Gasteiger partial charge on any atom is -0.396 e. The Kier molecular flexibility index (Phi) is 2.95. The Hall–Kier alpha value is -1.04. The number of benzene rings is 1. The summed E-state index contributed by atoms with van der Waals surface area (Å²) in [7, 11) is 0. The number of hydrogen-bond donors (Lipinski definition) is 2. The molecule has 15 heavy (non-hydrogen) atoms. The lowest BCUT2D eigenvalue weighted by Gasteiger charge is -2.03. The Bertz CT molecular complexity index is 471. The molecule has 0 aliphatic carbocycles. The lowest BCUT2D eigenvalue weighted by atomic mass is 10.2. The maximum Gasteiger partial charge on any atom is 0.124 e. The smallest absolute Gasteiger partial charge is 0.124 e. The number of rotatable bonds is 3. The van der Waals surface area contributed by atoms with Gasteiger partial charge in [-0.2, -0.15) is 0 Å². The first-order valence-corrected chi connectivity index (χ1v) is 5.45. The molecule has 2 aromatic rings. The normalized spacial score (nSPS) is 13.3. The van der Waals surface area contributed by atoms with E-state index in [1.165, 1.54) is 23.5 Å². The number of nitrogens with zero attached hydrogens (tertiary/aromatic N) is 1. The van der Waals surface area contributed by atoms with Crippen molar-refractivity contribution in [2.45, 2.75) is 12.5 Å². The summed E-state index contributed by atoms with van der Waals surface area (Å²) in [4.78, 5) is 4.29. The van der Waals surface area contributed by atoms with Crippen LogP contribution in [0.1, 0.15) is 17.5 Å². The Labute approximate surface area is 90.4 Å². The van der Waals surface area contributed by atoms with Gasteiger partial charge in [-0.3, -0.25) is 0 Å². The van der Waals surface area contributed by atoms with Crippen LogP contribution in [0, 0.1) is 5.82 Å². The number of hydrogen-bond acceptors (Lipinski definition) is 4. The van der Waals surface area contributed by atoms with Crippen LogP contribution < -0.4 is 5.73 Å². The van der Waals surface area contributed by atoms with Gasteiger partial charge in [-0.25, -0.2) is 9.37 Å². The fraction of sp³-hybridized carbons (Fsp3) is 0.300. The van der Waals surface area contributed by atoms with Crippen molar-refractivity contribution in [3.05, 3.63) is 29.0 Å². The molecule has 0 aliphatic rings. The predicted octanol–water partition coefficient (Wildman–Crippen LogP) is 1.82. The molecule has 0 radical (unpaired) electrons. The summed E-state index contributed by atoms with van der Waals surface area (Å²) in [6, 6.07) is 4.19. The van der Waals surface area contributed by atoms with E-state index in [0.717, 1.165) is 15.2 Å². The van der Waals surface area contributed by atoms with Gasteiger partial charge >= 0.3 is 0 Å². The Morgan fingerprint density at radius 1 is 1.53 bits per heavy atom. The first-order chi connectivity index (χ1) is 7.20. The van der Waals surface area contributed by atoms with E-state index in [-0.39, 0.29) is 18.5 Å². The summed E-state index contributed by atoms with van der Waals surface area (Å²) < 4.78 is 13.7. The SMILES string of the molecule is NC(CCO)c1nc2ccc(F)cc2s1. The maximum atomic E-state index is 12.9. The van der Waals surface area contributed by atoms with Crippen molar-refractivity contribution in [2.24, 2.45) is 5.73 Å². The lowest BCUT2D eigenvalue weighted by molar-refractivity contribution is 0.276. The molecular weight excluding hydrogens is 215 g/mol. The first-order valence-electron chi connectivity index (χ1n) is 4.63. The van der Waals surface area contributed by atoms with Crippen LogP contribution >= 0.6 is 11.3 Å². The van der Waals surface area contributed by atoms with E-state index in [2.05, 4.69) is 4.98 Å². The van der Waals surface area contributed by atoms with Gasteiger partial charge < -0.3 is 10.8 Å². The summed E-state index contributed by atoms with van der Waals surface area (Å²) >= 11 is 1.37. The Morgan fingerprint density at radius 2 is 2.33 bits per heavy atom. The second-order valence-corrected chi connectivity index (χ2v) is 4.35. The lowest BCUT2D eigenvalue weighted by Crippen LogP contribution is -2.11. The van der Waals surface area contributed by atoms with Gasteiger partial charge in [-0.1, -0.05) is 0 Å². The molecule has 1 aromatic heterocycles. The third kappa shape index (κ3) is 2.14. The van der Waals surface area contributed by atoms with E-state index in [9.17, 15) is 4.39 Å². The first kappa shape index (κ1) is 10.5. The Balaban J connectivity index is 2.38. The van der Waals surface area contributed by atoms with Gasteiger partial charge in [0.05, 0.1) is 16.3 Å². The fourth-order valence-electron chi connectivity index (χ4n) is 1.34. The number of nitrogens with two attached hydrogens (primary N) is 1. The van der Waals surface area contributed by atoms with Gasteiger partial charge in [-0.15, -0.1) is 11.3 Å². The average Bonchev–Trinajstić information content (AvgIpc) is 2.60. The van der Waals surface area contributed by atoms with Gasteiger partial charge in [-0.05, 0) is 24.6 Å². The number of fused-ring (bicyclic) bond motifs is 1. The standard InChI is InChI=1S/C10H11FN2OS/c11-6-1-2-8-9(5-6)15-10(13-8)7(12)3-4-14/h1-2,5,7,14H,3-4,12H2. The minimum absolute atomic E-state index is 0.0332. The summed E-state index contributed by atoms with van der Waals surface area (Å²) in [5, 5.41) is 9.49. The highest BCUT2D eigenvalue weighted by atomic mass is 32.1. The zero-order chi connectivity index (χ0) is 10.8. The third-order valence-electron chi connectivity index (χ3n) is 2.12. The number of aromatic nitrogens is 1. The highest BCUT2D eigenvalue weighted by Crippen LogP contribution is 2.27. The van der Waals surface area contributed by atoms with Crippen LogP contribution in [-0.4, -0.2) is 16.7 Å². The number of aliphatic hydroxyl groups is 1. The maximum absolute atomic E-state index is 12.9. The van der Waals surface area contributed by atoms with Crippen LogP contribution in [0.2, 0.25) is 0 Å². The fourth-order valence-corrected chi connectivity index (χ4v) is 2.37. The highest BCUT2D eigenvalue weighted by Gasteiger charge is 2.11. The minimum atomic E-state index is -0.270. The quantitative estimate of drug-likeness (QED) is 0.839. The molecule has 0 saturated heterocycles. The second-order valence-electron chi connectivity index (χ2n) is 3.28. The molecule has 3 nitrogen and oxygen atoms in total. The second kappa shape index (κ2) is 4.22. The van der Waals surface area contributed by atoms with E-state index in [0.29, 0.717) is 6.42 Å². The topological polar surface area (TPSA) is 59.1 Å². The molecule has 0 bridgehead atoms. The zero-order valence-corrected chi connectivity index (χ0v) is 8.80. The average molecular weight is 226 g/mol. The van der Waals surface area contributed by atoms with Crippen molar-refractivity contribution >= 4 is 21.6 Å². The molecule has 1 unspecified atom stereocenters. The molecular formula is C10H11FN2OS. The molecule has 1 heterocycles. The van der Waals surface area contributed by atoms with Crippen LogP contribution in [0.4, 0.5) is 4.39 Å². The van der Waals surface area contributed by atoms with Crippen LogP contribution in [0.5, 0.6) is 0 Å². The third-order valence-corrected chi connectivity index (χ3v) is 3.27. The highest BCUT2D eigenvalue weighted by molar-refractivity contribution is 7.18. The molecule has 2 rings (SSSR count). The van der Waals surface area contributed by atoms with E-state index >= 15 is 0 Å². The van der Waals surface area contributed by atoms with Gasteiger partial charge in [0, 0.05) is 6.61 Å². The van der Waals surface area contributed by atoms with Gasteiger partial charge in [0.1, 0.15) is 10.8 Å². The number of aliphatic hydroxyl groups excluding tert-OH is 1. The summed E-state index contributed by atoms with van der Waals surface area (Å²) in [5.41, 5.74) is 6.56. The van der Waals surface area contributed by atoms with Crippen LogP contribution in [0.25, 0.3) is 10.2 Å². The van der Waals surface area contributed by atoms with E-state index < -0.39 is 0 Å². The van der Waals surface area contributed by atoms with Gasteiger partial charge in [0.15, 0.2) is 0 Å². The molecule has 1 atom stereocenters. The molecule has 0 aliphatic heterocycles. The van der Waals surface area contributed by atoms with Crippen LogP contribution in [0.3, 0.4) is 0 Å². The Morgan fingerprint density at radius 3 is 3.07 bits per heavy atom. The summed E-state index contributed by atoms with van der Waals surface area (Å²) in [5.74, 6) is -0.270. The van der Waals surface area contributed by atoms with E-state index in [1.54, 1.807) is 6.07 Å². The summed E-state index contributed by atoms with van der Waals surface area (Å²) in [6.07, 6.45) is 0.475. The zero-order valence-electron chi connectivity index (χ0n) is 7.98. The van der Waals surface area contributed by atoms with E-state index in [4.69, 9.17) is 10.8 Å². The van der Waals surface area contributed by atoms with Crippen LogP contribution in [-0.2, 0) is 0 Å². The molecule has 3 N–H and O–H groups in total.